The fourth-order valence-electron chi connectivity index (χ4n) is 12.6. The van der Waals surface area contributed by atoms with E-state index in [0.717, 1.165) is 94.0 Å². The molecule has 0 radical (unpaired) electrons. The second-order valence-electron chi connectivity index (χ2n) is 22.7. The Morgan fingerprint density at radius 3 is 2.33 bits per heavy atom. The molecule has 7 aromatic rings. The molecule has 81 heavy (non-hydrogen) atoms. The van der Waals surface area contributed by atoms with E-state index in [9.17, 15) is 28.0 Å². The number of amides is 2. The van der Waals surface area contributed by atoms with Gasteiger partial charge in [0.15, 0.2) is 17.4 Å². The van der Waals surface area contributed by atoms with E-state index in [2.05, 4.69) is 62.3 Å². The van der Waals surface area contributed by atoms with Gasteiger partial charge in [-0.1, -0.05) is 67.0 Å². The number of nitrogen functional groups attached to an aromatic ring is 1. The van der Waals surface area contributed by atoms with E-state index in [1.165, 1.54) is 30.3 Å². The van der Waals surface area contributed by atoms with Crippen LogP contribution >= 0.6 is 22.9 Å². The monoisotopic (exact) mass is 1150 g/mol. The molecular weight excluding hydrogens is 1080 g/mol. The van der Waals surface area contributed by atoms with Gasteiger partial charge in [-0.3, -0.25) is 14.5 Å². The van der Waals surface area contributed by atoms with Crippen molar-refractivity contribution in [2.45, 2.75) is 96.3 Å². The van der Waals surface area contributed by atoms with Gasteiger partial charge in [-0.15, -0.1) is 11.3 Å². The van der Waals surface area contributed by atoms with Crippen molar-refractivity contribution in [2.24, 2.45) is 11.3 Å². The number of anilines is 3. The summed E-state index contributed by atoms with van der Waals surface area (Å²) in [5.41, 5.74) is 8.02. The van der Waals surface area contributed by atoms with Gasteiger partial charge in [0.1, 0.15) is 52.4 Å². The number of rotatable bonds is 14. The minimum absolute atomic E-state index is 0.0114. The largest absolute Gasteiger partial charge is 0.462 e. The summed E-state index contributed by atoms with van der Waals surface area (Å²) in [7, 11) is 0. The third-order valence-electron chi connectivity index (χ3n) is 17.1. The smallest absolute Gasteiger partial charge is 0.319 e. The Labute approximate surface area is 476 Å². The molecule has 5 saturated heterocycles. The molecule has 4 aromatic carbocycles. The number of piperazine rings is 1. The number of hydrogen-bond donors (Lipinski definition) is 3. The summed E-state index contributed by atoms with van der Waals surface area (Å²) in [5.74, 6) is -0.533. The van der Waals surface area contributed by atoms with E-state index in [1.54, 1.807) is 30.3 Å². The van der Waals surface area contributed by atoms with Crippen LogP contribution in [0.3, 0.4) is 0 Å². The van der Waals surface area contributed by atoms with Crippen molar-refractivity contribution < 1.29 is 36.4 Å². The highest BCUT2D eigenvalue weighted by Gasteiger charge is 2.46. The number of carbonyl (C=O) groups excluding carboxylic acids is 2. The van der Waals surface area contributed by atoms with Gasteiger partial charge >= 0.3 is 6.01 Å². The van der Waals surface area contributed by atoms with Gasteiger partial charge in [-0.25, -0.2) is 17.6 Å². The molecule has 5 fully saturated rings. The van der Waals surface area contributed by atoms with Crippen molar-refractivity contribution in [2.75, 3.05) is 74.5 Å². The highest BCUT2D eigenvalue weighted by Crippen LogP contribution is 2.47. The standard InChI is InChI=1S/C45H51ClF2N10O3S.C15H13F2NO/c1-24(2)35(43(59)58-12-4-5-25(58)3)33-18-34(54-61-33)57-22-45(23-57)10-13-55(14-11-45)15-16-60-44-52-39-29(42(53-44)56-20-26-6-7-27(21-56)51-26)17-31(46)37(38(39)48)28-8-9-32(47)40-36(28)30(19-49)41(50)62-40;1-10(18-9-19)11-5-7-12(8-6-11)15-13(16)3-2-4-14(15)17/h8-9,17-18,24-27,35,51H,4-7,10-16,20-23,50H2,1-3H3;2-10H,1H3,(H,18,19). The van der Waals surface area contributed by atoms with Crippen LogP contribution in [0.25, 0.3) is 43.2 Å². The number of carbonyl (C=O) groups is 2. The van der Waals surface area contributed by atoms with Crippen molar-refractivity contribution in [3.63, 3.8) is 0 Å². The minimum Gasteiger partial charge on any atom is -0.462 e. The van der Waals surface area contributed by atoms with Crippen LogP contribution in [0.5, 0.6) is 6.01 Å². The summed E-state index contributed by atoms with van der Waals surface area (Å²) in [4.78, 5) is 42.3. The third-order valence-corrected chi connectivity index (χ3v) is 18.4. The molecule has 5 aliphatic heterocycles. The van der Waals surface area contributed by atoms with Crippen molar-refractivity contribution in [3.05, 3.63) is 112 Å². The number of ether oxygens (including phenoxy) is 1. The van der Waals surface area contributed by atoms with Crippen LogP contribution in [0.2, 0.25) is 5.02 Å². The fourth-order valence-corrected chi connectivity index (χ4v) is 13.9. The number of thiophene rings is 1. The number of hydrogen-bond acceptors (Lipinski definition) is 14. The fraction of sp³-hybridized carbons (Fsp3) is 0.433. The number of likely N-dealkylation sites (tertiary alicyclic amines) is 2. The second kappa shape index (κ2) is 23.1. The lowest BCUT2D eigenvalue weighted by molar-refractivity contribution is -0.135. The Morgan fingerprint density at radius 1 is 0.963 bits per heavy atom. The van der Waals surface area contributed by atoms with Crippen LogP contribution in [0, 0.1) is 45.9 Å². The number of fused-ring (bicyclic) bond motifs is 4. The lowest BCUT2D eigenvalue weighted by Gasteiger charge is -2.54. The van der Waals surface area contributed by atoms with E-state index >= 15 is 4.39 Å². The van der Waals surface area contributed by atoms with Gasteiger partial charge in [-0.05, 0) is 112 Å². The molecule has 8 heterocycles. The Hall–Kier alpha value is -7.05. The van der Waals surface area contributed by atoms with E-state index in [-0.39, 0.29) is 89.1 Å². The van der Waals surface area contributed by atoms with E-state index in [1.807, 2.05) is 17.9 Å². The Bertz CT molecular complexity index is 3510. The molecule has 5 atom stereocenters. The van der Waals surface area contributed by atoms with Crippen molar-refractivity contribution in [1.29, 1.82) is 5.26 Å². The highest BCUT2D eigenvalue weighted by molar-refractivity contribution is 7.23. The molecule has 4 N–H and O–H groups in total. The van der Waals surface area contributed by atoms with Gasteiger partial charge in [-0.2, -0.15) is 15.2 Å². The SMILES string of the molecule is CC(C)C(C(=O)N1CCCC1C)c1cc(N2CC3(CCN(CCOc4nc(N5CC6CCC(C5)N6)c5cc(Cl)c(-c6ccc(F)c7sc(N)c(C#N)c67)c(F)c5n4)CC3)C2)no1.CC(NC=O)c1ccc(-c2c(F)cccc2F)cc1. The Morgan fingerprint density at radius 2 is 1.68 bits per heavy atom. The van der Waals surface area contributed by atoms with Gasteiger partial charge in [0, 0.05) is 85.2 Å². The molecular formula is C60H64ClF4N11O4S. The second-order valence-corrected chi connectivity index (χ2v) is 24.1. The molecule has 15 nitrogen and oxygen atoms in total. The number of aromatic nitrogens is 3. The molecule has 3 aromatic heterocycles. The van der Waals surface area contributed by atoms with Crippen LogP contribution in [0.15, 0.2) is 71.3 Å². The summed E-state index contributed by atoms with van der Waals surface area (Å²) < 4.78 is 71.6. The van der Waals surface area contributed by atoms with E-state index in [0.29, 0.717) is 67.3 Å². The molecule has 21 heteroatoms. The molecule has 12 rings (SSSR count). The first-order chi connectivity index (χ1) is 39.0. The number of piperidine rings is 1. The van der Waals surface area contributed by atoms with Crippen molar-refractivity contribution in [1.82, 2.24) is 35.6 Å². The Balaban J connectivity index is 0.000000308. The quantitative estimate of drug-likeness (QED) is 0.0692. The number of nitrogens with two attached hydrogens (primary N) is 1. The first-order valence-corrected chi connectivity index (χ1v) is 29.0. The summed E-state index contributed by atoms with van der Waals surface area (Å²) in [6, 6.07) is 19.7. The lowest BCUT2D eigenvalue weighted by atomic mass is 9.72. The van der Waals surface area contributed by atoms with Crippen LogP contribution in [0.4, 0.5) is 34.2 Å². The zero-order valence-corrected chi connectivity index (χ0v) is 47.2. The summed E-state index contributed by atoms with van der Waals surface area (Å²) in [5, 5.41) is 21.6. The van der Waals surface area contributed by atoms with Crippen LogP contribution in [-0.4, -0.2) is 114 Å². The van der Waals surface area contributed by atoms with Gasteiger partial charge in [0.05, 0.1) is 26.9 Å². The maximum Gasteiger partial charge on any atom is 0.319 e. The van der Waals surface area contributed by atoms with Crippen LogP contribution in [-0.2, 0) is 9.59 Å². The van der Waals surface area contributed by atoms with Crippen molar-refractivity contribution >= 4 is 72.9 Å². The maximum absolute atomic E-state index is 17.1. The summed E-state index contributed by atoms with van der Waals surface area (Å²) in [6.07, 6.45) is 6.86. The predicted octanol–water partition coefficient (Wildman–Crippen LogP) is 11.0. The first kappa shape index (κ1) is 55.8. The maximum atomic E-state index is 17.1. The molecule has 0 aliphatic carbocycles. The summed E-state index contributed by atoms with van der Waals surface area (Å²) >= 11 is 7.86. The summed E-state index contributed by atoms with van der Waals surface area (Å²) in [6.45, 7) is 14.9. The Kier molecular flexibility index (Phi) is 15.9. The number of nitrogens with zero attached hydrogens (tertiary/aromatic N) is 8. The lowest BCUT2D eigenvalue weighted by Crippen LogP contribution is -2.60. The van der Waals surface area contributed by atoms with Crippen molar-refractivity contribution in [3.8, 4) is 34.3 Å². The van der Waals surface area contributed by atoms with Gasteiger partial charge < -0.3 is 40.3 Å². The third kappa shape index (κ3) is 11.0. The average molecular weight is 1150 g/mol. The minimum atomic E-state index is -0.705. The zero-order valence-electron chi connectivity index (χ0n) is 45.6. The molecule has 5 unspecified atom stereocenters. The highest BCUT2D eigenvalue weighted by atomic mass is 35.5. The number of nitriles is 1. The molecule has 424 valence electrons. The molecule has 2 amide bonds. The predicted molar refractivity (Wildman–Crippen MR) is 306 cm³/mol. The average Bonchev–Trinajstić information content (AvgIpc) is 4.17. The number of benzene rings is 4. The van der Waals surface area contributed by atoms with Gasteiger partial charge in [0.25, 0.3) is 0 Å². The topological polar surface area (TPSA) is 182 Å². The van der Waals surface area contributed by atoms with E-state index < -0.39 is 23.3 Å². The van der Waals surface area contributed by atoms with Gasteiger partial charge in [0.2, 0.25) is 12.3 Å². The molecule has 2 bridgehead atoms. The zero-order chi connectivity index (χ0) is 56.9. The molecule has 5 aliphatic rings. The molecule has 0 saturated carbocycles. The van der Waals surface area contributed by atoms with Crippen LogP contribution < -0.4 is 30.9 Å². The molecule has 1 spiro atoms. The number of nitrogens with one attached hydrogen (secondary N) is 2. The normalized spacial score (nSPS) is 20.3. The number of halogens is 5. The first-order valence-electron chi connectivity index (χ1n) is 27.8. The van der Waals surface area contributed by atoms with Crippen LogP contribution in [0.1, 0.15) is 95.1 Å². The van der Waals surface area contributed by atoms with E-state index in [4.69, 9.17) is 31.6 Å².